The Kier molecular flexibility index (Phi) is 5.54. The lowest BCUT2D eigenvalue weighted by Gasteiger charge is -2.39. The summed E-state index contributed by atoms with van der Waals surface area (Å²) in [6.45, 7) is 3.41. The number of halogens is 1. The maximum atomic E-state index is 11.9. The van der Waals surface area contributed by atoms with Gasteiger partial charge in [0.1, 0.15) is 5.69 Å². The quantitative estimate of drug-likeness (QED) is 0.629. The molecular formula is C11H13ClN2O6-2. The molecular weight excluding hydrogens is 292 g/mol. The molecule has 20 heavy (non-hydrogen) atoms. The fourth-order valence-electron chi connectivity index (χ4n) is 1.35. The number of ether oxygens (including phenoxy) is 1. The van der Waals surface area contributed by atoms with E-state index < -0.39 is 28.6 Å². The molecule has 112 valence electrons. The molecule has 9 heteroatoms. The van der Waals surface area contributed by atoms with Gasteiger partial charge in [0.05, 0.1) is 16.7 Å². The molecule has 0 fully saturated rings. The summed E-state index contributed by atoms with van der Waals surface area (Å²) in [5.74, 6) is -0.939. The smallest absolute Gasteiger partial charge is 0.340 e. The van der Waals surface area contributed by atoms with Gasteiger partial charge in [-0.1, -0.05) is 18.5 Å². The van der Waals surface area contributed by atoms with E-state index in [-0.39, 0.29) is 15.9 Å². The van der Waals surface area contributed by atoms with E-state index in [1.54, 1.807) is 13.8 Å². The molecule has 1 unspecified atom stereocenters. The molecule has 1 aromatic carbocycles. The van der Waals surface area contributed by atoms with Crippen LogP contribution in [0, 0.1) is 10.4 Å². The summed E-state index contributed by atoms with van der Waals surface area (Å²) in [5, 5.41) is 38.3. The van der Waals surface area contributed by atoms with Crippen LogP contribution in [-0.4, -0.2) is 22.5 Å². The summed E-state index contributed by atoms with van der Waals surface area (Å²) in [6, 6.07) is 1.73. The Morgan fingerprint density at radius 2 is 2.00 bits per heavy atom. The van der Waals surface area contributed by atoms with Crippen molar-refractivity contribution < 1.29 is 19.9 Å². The zero-order chi connectivity index (χ0) is 15.4. The van der Waals surface area contributed by atoms with E-state index in [4.69, 9.17) is 26.8 Å². The summed E-state index contributed by atoms with van der Waals surface area (Å²) in [4.78, 5) is 11.9. The van der Waals surface area contributed by atoms with E-state index in [1.807, 2.05) is 0 Å². The first kappa shape index (κ1) is 16.5. The van der Waals surface area contributed by atoms with Gasteiger partial charge in [-0.25, -0.2) is 4.79 Å². The van der Waals surface area contributed by atoms with Crippen LogP contribution in [0.5, 0.6) is 0 Å². The largest absolute Gasteiger partial charge is 0.769 e. The summed E-state index contributed by atoms with van der Waals surface area (Å²) in [6.07, 6.45) is 0.104. The first-order valence-corrected chi connectivity index (χ1v) is 6.02. The van der Waals surface area contributed by atoms with E-state index in [9.17, 15) is 15.2 Å². The molecule has 0 aliphatic carbocycles. The van der Waals surface area contributed by atoms with Crippen LogP contribution < -0.4 is 10.5 Å². The second kappa shape index (κ2) is 6.73. The lowest BCUT2D eigenvalue weighted by molar-refractivity contribution is 0.0289. The Balaban J connectivity index is 3.27. The Bertz CT molecular complexity index is 494. The third-order valence-electron chi connectivity index (χ3n) is 2.58. The average Bonchev–Trinajstić information content (AvgIpc) is 2.37. The van der Waals surface area contributed by atoms with E-state index in [0.717, 1.165) is 12.1 Å². The third kappa shape index (κ3) is 3.71. The fourth-order valence-corrected chi connectivity index (χ4v) is 1.58. The minimum Gasteiger partial charge on any atom is -0.769 e. The van der Waals surface area contributed by atoms with Gasteiger partial charge in [-0.3, -0.25) is 10.4 Å². The molecule has 0 heterocycles. The summed E-state index contributed by atoms with van der Waals surface area (Å²) >= 11 is 5.66. The highest BCUT2D eigenvalue weighted by molar-refractivity contribution is 6.33. The van der Waals surface area contributed by atoms with E-state index in [2.05, 4.69) is 0 Å². The molecule has 0 spiro atoms. The molecule has 0 aromatic heterocycles. The first-order valence-electron chi connectivity index (χ1n) is 5.64. The van der Waals surface area contributed by atoms with Crippen molar-refractivity contribution >= 4 is 28.9 Å². The standard InChI is InChI=1S/C11H13ClN2O6/c1-3-6(2)20-11(15)7-4-10(14(18)19)8(12)5-9(7)13(16)17/h4-6,18-19H,3H2,1-2H3/q-2. The third-order valence-corrected chi connectivity index (χ3v) is 2.88. The van der Waals surface area contributed by atoms with Crippen LogP contribution >= 0.6 is 11.6 Å². The average molecular weight is 305 g/mol. The molecule has 1 rings (SSSR count). The van der Waals surface area contributed by atoms with Crippen molar-refractivity contribution in [1.29, 1.82) is 0 Å². The second-order valence-corrected chi connectivity index (χ2v) is 4.40. The number of hydrogen-bond acceptors (Lipinski definition) is 8. The highest BCUT2D eigenvalue weighted by atomic mass is 35.5. The maximum absolute atomic E-state index is 11.9. The molecule has 0 saturated heterocycles. The molecule has 0 saturated carbocycles. The highest BCUT2D eigenvalue weighted by Gasteiger charge is 2.19. The Morgan fingerprint density at radius 3 is 2.45 bits per heavy atom. The lowest BCUT2D eigenvalue weighted by atomic mass is 10.1. The second-order valence-electron chi connectivity index (χ2n) is 3.99. The maximum Gasteiger partial charge on any atom is 0.340 e. The van der Waals surface area contributed by atoms with Crippen molar-refractivity contribution in [2.24, 2.45) is 0 Å². The Morgan fingerprint density at radius 1 is 1.40 bits per heavy atom. The molecule has 2 N–H and O–H groups in total. The molecule has 1 aromatic rings. The summed E-state index contributed by atoms with van der Waals surface area (Å²) in [7, 11) is 0. The SMILES string of the molecule is CCC(C)OC(=O)c1cc(N(O)O)c(Cl)cc1N([O-])[O-]. The first-order chi connectivity index (χ1) is 9.27. The number of hydrogen-bond donors (Lipinski definition) is 2. The van der Waals surface area contributed by atoms with Crippen LogP contribution in [-0.2, 0) is 4.74 Å². The summed E-state index contributed by atoms with van der Waals surface area (Å²) in [5.41, 5.74) is -1.36. The normalized spacial score (nSPS) is 11.9. The van der Waals surface area contributed by atoms with Gasteiger partial charge in [-0.05, 0) is 25.5 Å². The fraction of sp³-hybridized carbons (Fsp3) is 0.364. The number of rotatable bonds is 5. The number of nitrogens with zero attached hydrogens (tertiary/aromatic N) is 2. The van der Waals surface area contributed by atoms with Crippen LogP contribution in [0.4, 0.5) is 11.4 Å². The molecule has 0 aliphatic rings. The molecule has 0 amide bonds. The molecule has 0 radical (unpaired) electrons. The Hall–Kier alpha value is -1.58. The number of benzene rings is 1. The predicted molar refractivity (Wildman–Crippen MR) is 71.9 cm³/mol. The minimum absolute atomic E-state index is 0.290. The van der Waals surface area contributed by atoms with Gasteiger partial charge in [0.2, 0.25) is 0 Å². The van der Waals surface area contributed by atoms with Gasteiger partial charge in [-0.15, -0.1) is 5.23 Å². The van der Waals surface area contributed by atoms with Gasteiger partial charge in [0.25, 0.3) is 0 Å². The predicted octanol–water partition coefficient (Wildman–Crippen LogP) is 2.68. The van der Waals surface area contributed by atoms with Crippen LogP contribution in [0.3, 0.4) is 0 Å². The minimum atomic E-state index is -0.939. The van der Waals surface area contributed by atoms with Crippen molar-refractivity contribution in [3.63, 3.8) is 0 Å². The molecule has 0 aliphatic heterocycles. The van der Waals surface area contributed by atoms with Gasteiger partial charge < -0.3 is 20.4 Å². The molecule has 1 atom stereocenters. The van der Waals surface area contributed by atoms with Gasteiger partial charge in [0.15, 0.2) is 0 Å². The van der Waals surface area contributed by atoms with Crippen molar-refractivity contribution in [2.45, 2.75) is 26.4 Å². The van der Waals surface area contributed by atoms with Gasteiger partial charge in [-0.2, -0.15) is 0 Å². The van der Waals surface area contributed by atoms with E-state index in [0.29, 0.717) is 6.42 Å². The van der Waals surface area contributed by atoms with Crippen molar-refractivity contribution in [2.75, 3.05) is 10.5 Å². The number of esters is 1. The number of carbonyl (C=O) groups excluding carboxylic acids is 1. The molecule has 8 nitrogen and oxygen atoms in total. The van der Waals surface area contributed by atoms with E-state index in [1.165, 1.54) is 0 Å². The van der Waals surface area contributed by atoms with Crippen LogP contribution in [0.1, 0.15) is 30.6 Å². The number of anilines is 2. The monoisotopic (exact) mass is 304 g/mol. The van der Waals surface area contributed by atoms with Gasteiger partial charge in [0, 0.05) is 5.69 Å². The van der Waals surface area contributed by atoms with Crippen molar-refractivity contribution in [3.8, 4) is 0 Å². The zero-order valence-corrected chi connectivity index (χ0v) is 11.5. The topological polar surface area (TPSA) is 119 Å². The van der Waals surface area contributed by atoms with Crippen molar-refractivity contribution in [3.05, 3.63) is 33.1 Å². The zero-order valence-electron chi connectivity index (χ0n) is 10.7. The highest BCUT2D eigenvalue weighted by Crippen LogP contribution is 2.33. The van der Waals surface area contributed by atoms with Crippen LogP contribution in [0.2, 0.25) is 5.02 Å². The van der Waals surface area contributed by atoms with Gasteiger partial charge >= 0.3 is 5.97 Å². The Labute approximate surface area is 119 Å². The van der Waals surface area contributed by atoms with Crippen molar-refractivity contribution in [1.82, 2.24) is 0 Å². The summed E-state index contributed by atoms with van der Waals surface area (Å²) < 4.78 is 4.98. The van der Waals surface area contributed by atoms with Crippen LogP contribution in [0.15, 0.2) is 12.1 Å². The number of carbonyl (C=O) groups is 1. The van der Waals surface area contributed by atoms with E-state index >= 15 is 0 Å². The van der Waals surface area contributed by atoms with Crippen LogP contribution in [0.25, 0.3) is 0 Å². The lowest BCUT2D eigenvalue weighted by Crippen LogP contribution is -2.19. The molecule has 0 bridgehead atoms.